The maximum Gasteiger partial charge on any atom is 0.326 e. The molecule has 1 heterocycles. The number of nitrogens with one attached hydrogen (secondary N) is 1. The Morgan fingerprint density at radius 2 is 1.88 bits per heavy atom. The summed E-state index contributed by atoms with van der Waals surface area (Å²) in [5.74, 6) is -0.289. The molecule has 4 amide bonds. The zero-order chi connectivity index (χ0) is 17.7. The fraction of sp³-hybridized carbons (Fsp3) is 0.471. The summed E-state index contributed by atoms with van der Waals surface area (Å²) in [6.45, 7) is 0.873. The SMILES string of the molecule is CN1CC(=O)N(CCCC(=O)NCc2ccc(N(C)C)cc2)C1=O. The van der Waals surface area contributed by atoms with Crippen LogP contribution in [0.5, 0.6) is 0 Å². The summed E-state index contributed by atoms with van der Waals surface area (Å²) < 4.78 is 0. The van der Waals surface area contributed by atoms with E-state index in [1.165, 1.54) is 9.80 Å². The second-order valence-electron chi connectivity index (χ2n) is 6.13. The molecule has 0 bridgehead atoms. The average Bonchev–Trinajstić information content (AvgIpc) is 2.79. The minimum atomic E-state index is -0.290. The van der Waals surface area contributed by atoms with E-state index in [2.05, 4.69) is 5.32 Å². The molecule has 130 valence electrons. The van der Waals surface area contributed by atoms with Crippen molar-refractivity contribution in [3.8, 4) is 0 Å². The quantitative estimate of drug-likeness (QED) is 0.757. The highest BCUT2D eigenvalue weighted by atomic mass is 16.2. The number of urea groups is 1. The van der Waals surface area contributed by atoms with E-state index in [1.54, 1.807) is 7.05 Å². The molecule has 7 heteroatoms. The Bertz CT molecular complexity index is 613. The molecule has 2 rings (SSSR count). The van der Waals surface area contributed by atoms with Gasteiger partial charge in [0.2, 0.25) is 11.8 Å². The topological polar surface area (TPSA) is 73.0 Å². The van der Waals surface area contributed by atoms with Gasteiger partial charge in [-0.25, -0.2) is 4.79 Å². The maximum absolute atomic E-state index is 11.9. The largest absolute Gasteiger partial charge is 0.378 e. The highest BCUT2D eigenvalue weighted by molar-refractivity contribution is 6.01. The van der Waals surface area contributed by atoms with Crippen molar-refractivity contribution in [3.63, 3.8) is 0 Å². The van der Waals surface area contributed by atoms with Gasteiger partial charge in [0.25, 0.3) is 0 Å². The van der Waals surface area contributed by atoms with E-state index < -0.39 is 0 Å². The first-order valence-electron chi connectivity index (χ1n) is 7.97. The van der Waals surface area contributed by atoms with Crippen molar-refractivity contribution in [2.24, 2.45) is 0 Å². The van der Waals surface area contributed by atoms with Crippen molar-refractivity contribution in [2.45, 2.75) is 19.4 Å². The molecule has 0 saturated carbocycles. The highest BCUT2D eigenvalue weighted by Crippen LogP contribution is 2.12. The second-order valence-corrected chi connectivity index (χ2v) is 6.13. The lowest BCUT2D eigenvalue weighted by Gasteiger charge is -2.14. The van der Waals surface area contributed by atoms with Gasteiger partial charge in [0.1, 0.15) is 6.54 Å². The normalized spacial score (nSPS) is 14.3. The van der Waals surface area contributed by atoms with Crippen LogP contribution in [0, 0.1) is 0 Å². The van der Waals surface area contributed by atoms with Gasteiger partial charge in [-0.05, 0) is 24.1 Å². The van der Waals surface area contributed by atoms with E-state index in [1.807, 2.05) is 43.3 Å². The predicted octanol–water partition coefficient (Wildman–Crippen LogP) is 1.04. The number of rotatable bonds is 7. The van der Waals surface area contributed by atoms with Gasteiger partial charge >= 0.3 is 6.03 Å². The molecular formula is C17H24N4O3. The zero-order valence-electron chi connectivity index (χ0n) is 14.4. The van der Waals surface area contributed by atoms with Crippen LogP contribution in [0.15, 0.2) is 24.3 Å². The van der Waals surface area contributed by atoms with Gasteiger partial charge < -0.3 is 15.1 Å². The van der Waals surface area contributed by atoms with Gasteiger partial charge in [0.05, 0.1) is 0 Å². The molecular weight excluding hydrogens is 308 g/mol. The first-order valence-corrected chi connectivity index (χ1v) is 7.97. The number of likely N-dealkylation sites (N-methyl/N-ethyl adjacent to an activating group) is 1. The molecule has 0 unspecified atom stereocenters. The number of hydrogen-bond donors (Lipinski definition) is 1. The molecule has 0 radical (unpaired) electrons. The van der Waals surface area contributed by atoms with Crippen molar-refractivity contribution in [2.75, 3.05) is 39.1 Å². The summed E-state index contributed by atoms with van der Waals surface area (Å²) in [6.07, 6.45) is 0.757. The second kappa shape index (κ2) is 7.81. The van der Waals surface area contributed by atoms with E-state index in [4.69, 9.17) is 0 Å². The maximum atomic E-state index is 11.9. The van der Waals surface area contributed by atoms with Crippen molar-refractivity contribution in [1.82, 2.24) is 15.1 Å². The Kier molecular flexibility index (Phi) is 5.78. The summed E-state index contributed by atoms with van der Waals surface area (Å²) >= 11 is 0. The number of carbonyl (C=O) groups excluding carboxylic acids is 3. The molecule has 0 atom stereocenters. The van der Waals surface area contributed by atoms with Crippen LogP contribution in [0.3, 0.4) is 0 Å². The lowest BCUT2D eigenvalue weighted by Crippen LogP contribution is -2.33. The summed E-state index contributed by atoms with van der Waals surface area (Å²) in [6, 6.07) is 7.67. The monoisotopic (exact) mass is 332 g/mol. The van der Waals surface area contributed by atoms with E-state index in [0.717, 1.165) is 11.3 Å². The summed E-state index contributed by atoms with van der Waals surface area (Å²) in [5, 5.41) is 2.85. The number of nitrogens with zero attached hydrogens (tertiary/aromatic N) is 3. The minimum absolute atomic E-state index is 0.0841. The predicted molar refractivity (Wildman–Crippen MR) is 91.6 cm³/mol. The molecule has 1 fully saturated rings. The standard InChI is InChI=1S/C17H24N4O3/c1-19(2)14-8-6-13(7-9-14)11-18-15(22)5-4-10-21-16(23)12-20(3)17(21)24/h6-9H,4-5,10-12H2,1-3H3,(H,18,22). The fourth-order valence-electron chi connectivity index (χ4n) is 2.49. The first-order chi connectivity index (χ1) is 11.4. The Morgan fingerprint density at radius 1 is 1.21 bits per heavy atom. The van der Waals surface area contributed by atoms with Crippen molar-refractivity contribution >= 4 is 23.5 Å². The van der Waals surface area contributed by atoms with E-state index in [-0.39, 0.29) is 37.4 Å². The Morgan fingerprint density at radius 3 is 2.42 bits per heavy atom. The van der Waals surface area contributed by atoms with Crippen LogP contribution in [-0.4, -0.2) is 61.9 Å². The van der Waals surface area contributed by atoms with Gasteiger partial charge in [-0.1, -0.05) is 12.1 Å². The molecule has 7 nitrogen and oxygen atoms in total. The Labute approximate surface area is 142 Å². The van der Waals surface area contributed by atoms with Gasteiger partial charge in [-0.2, -0.15) is 0 Å². The number of benzene rings is 1. The molecule has 0 spiro atoms. The smallest absolute Gasteiger partial charge is 0.326 e. The van der Waals surface area contributed by atoms with Crippen molar-refractivity contribution in [1.29, 1.82) is 0 Å². The van der Waals surface area contributed by atoms with E-state index in [9.17, 15) is 14.4 Å². The first kappa shape index (κ1) is 17.8. The number of imide groups is 1. The van der Waals surface area contributed by atoms with Crippen LogP contribution in [0.4, 0.5) is 10.5 Å². The molecule has 1 aliphatic heterocycles. The molecule has 24 heavy (non-hydrogen) atoms. The lowest BCUT2D eigenvalue weighted by molar-refractivity contribution is -0.126. The third kappa shape index (κ3) is 4.47. The number of anilines is 1. The van der Waals surface area contributed by atoms with Gasteiger partial charge in [0, 0.05) is 46.3 Å². The molecule has 1 aromatic rings. The lowest BCUT2D eigenvalue weighted by atomic mass is 10.2. The van der Waals surface area contributed by atoms with Crippen LogP contribution in [0.1, 0.15) is 18.4 Å². The summed E-state index contributed by atoms with van der Waals surface area (Å²) in [4.78, 5) is 39.8. The molecule has 0 aromatic heterocycles. The van der Waals surface area contributed by atoms with Crippen LogP contribution < -0.4 is 10.2 Å². The average molecular weight is 332 g/mol. The zero-order valence-corrected chi connectivity index (χ0v) is 14.4. The molecule has 1 saturated heterocycles. The van der Waals surface area contributed by atoms with Gasteiger partial charge in [-0.3, -0.25) is 14.5 Å². The summed E-state index contributed by atoms with van der Waals surface area (Å²) in [5.41, 5.74) is 2.13. The molecule has 0 aliphatic carbocycles. The van der Waals surface area contributed by atoms with Gasteiger partial charge in [-0.15, -0.1) is 0 Å². The number of amides is 4. The fourth-order valence-corrected chi connectivity index (χ4v) is 2.49. The molecule has 1 aliphatic rings. The minimum Gasteiger partial charge on any atom is -0.378 e. The van der Waals surface area contributed by atoms with Crippen molar-refractivity contribution in [3.05, 3.63) is 29.8 Å². The van der Waals surface area contributed by atoms with E-state index in [0.29, 0.717) is 13.0 Å². The highest BCUT2D eigenvalue weighted by Gasteiger charge is 2.32. The Balaban J connectivity index is 1.70. The third-order valence-corrected chi connectivity index (χ3v) is 3.96. The van der Waals surface area contributed by atoms with Crippen LogP contribution in [-0.2, 0) is 16.1 Å². The van der Waals surface area contributed by atoms with Crippen LogP contribution in [0.25, 0.3) is 0 Å². The van der Waals surface area contributed by atoms with Gasteiger partial charge in [0.15, 0.2) is 0 Å². The number of hydrogen-bond acceptors (Lipinski definition) is 4. The molecule has 1 aromatic carbocycles. The van der Waals surface area contributed by atoms with Crippen LogP contribution in [0.2, 0.25) is 0 Å². The van der Waals surface area contributed by atoms with E-state index >= 15 is 0 Å². The third-order valence-electron chi connectivity index (χ3n) is 3.96. The molecule has 1 N–H and O–H groups in total. The van der Waals surface area contributed by atoms with Crippen LogP contribution >= 0.6 is 0 Å². The summed E-state index contributed by atoms with van der Waals surface area (Å²) in [7, 11) is 5.54. The Hall–Kier alpha value is -2.57. The van der Waals surface area contributed by atoms with Crippen molar-refractivity contribution < 1.29 is 14.4 Å². The number of carbonyl (C=O) groups is 3.